The molecule has 0 radical (unpaired) electrons. The molecule has 116 valence electrons. The Morgan fingerprint density at radius 1 is 1.33 bits per heavy atom. The molecule has 0 saturated carbocycles. The van der Waals surface area contributed by atoms with Crippen LogP contribution in [0.1, 0.15) is 50.2 Å². The molecular weight excluding hydrogens is 262 g/mol. The number of aliphatic hydroxyl groups is 1. The maximum atomic E-state index is 12.7. The van der Waals surface area contributed by atoms with E-state index < -0.39 is 0 Å². The molecule has 2 unspecified atom stereocenters. The molecule has 2 rings (SSSR count). The molecule has 1 aromatic carbocycles. The van der Waals surface area contributed by atoms with Crippen LogP contribution < -0.4 is 0 Å². The van der Waals surface area contributed by atoms with E-state index in [9.17, 15) is 9.90 Å². The smallest absolute Gasteiger partial charge is 0.227 e. The topological polar surface area (TPSA) is 40.5 Å². The van der Waals surface area contributed by atoms with Crippen LogP contribution in [0.3, 0.4) is 0 Å². The maximum Gasteiger partial charge on any atom is 0.227 e. The van der Waals surface area contributed by atoms with Crippen LogP contribution >= 0.6 is 0 Å². The minimum atomic E-state index is -0.345. The lowest BCUT2D eigenvalue weighted by molar-refractivity contribution is -0.133. The normalized spacial score (nSPS) is 20.9. The number of aliphatic hydroxyl groups excluding tert-OH is 1. The third-order valence-corrected chi connectivity index (χ3v) is 4.41. The van der Waals surface area contributed by atoms with Crippen molar-refractivity contribution in [3.8, 4) is 0 Å². The van der Waals surface area contributed by atoms with Gasteiger partial charge in [0.25, 0.3) is 0 Å². The number of carbonyl (C=O) groups excluding carboxylic acids is 1. The van der Waals surface area contributed by atoms with Gasteiger partial charge < -0.3 is 10.0 Å². The van der Waals surface area contributed by atoms with E-state index in [-0.39, 0.29) is 18.1 Å². The molecular formula is C18H27NO2. The first kappa shape index (κ1) is 16.0. The molecule has 0 aromatic heterocycles. The van der Waals surface area contributed by atoms with Gasteiger partial charge in [-0.05, 0) is 44.2 Å². The summed E-state index contributed by atoms with van der Waals surface area (Å²) in [7, 11) is 0. The van der Waals surface area contributed by atoms with Crippen molar-refractivity contribution in [1.29, 1.82) is 0 Å². The van der Waals surface area contributed by atoms with E-state index >= 15 is 0 Å². The molecule has 21 heavy (non-hydrogen) atoms. The summed E-state index contributed by atoms with van der Waals surface area (Å²) >= 11 is 0. The zero-order valence-corrected chi connectivity index (χ0v) is 13.2. The predicted octanol–water partition coefficient (Wildman–Crippen LogP) is 3.08. The Bertz CT molecular complexity index is 470. The van der Waals surface area contributed by atoms with Gasteiger partial charge in [-0.2, -0.15) is 0 Å². The van der Waals surface area contributed by atoms with E-state index in [0.29, 0.717) is 12.8 Å². The Labute approximate surface area is 128 Å². The van der Waals surface area contributed by atoms with Crippen molar-refractivity contribution in [2.24, 2.45) is 0 Å². The lowest BCUT2D eigenvalue weighted by Gasteiger charge is -2.31. The molecule has 1 N–H and O–H groups in total. The molecule has 1 saturated heterocycles. The first-order valence-electron chi connectivity index (χ1n) is 8.10. The summed E-state index contributed by atoms with van der Waals surface area (Å²) in [6, 6.07) is 8.29. The van der Waals surface area contributed by atoms with Crippen LogP contribution in [0.25, 0.3) is 0 Å². The van der Waals surface area contributed by atoms with Gasteiger partial charge in [-0.25, -0.2) is 0 Å². The minimum Gasteiger partial charge on any atom is -0.393 e. The van der Waals surface area contributed by atoms with E-state index in [1.165, 1.54) is 12.0 Å². The van der Waals surface area contributed by atoms with Crippen LogP contribution in [0.2, 0.25) is 0 Å². The standard InChI is InChI=1S/C18H27NO2/c1-14-8-5-6-9-16(14)13-18(21)19-11-7-3-4-10-17(19)12-15(2)20/h5-6,8-9,15,17,20H,3-4,7,10-13H2,1-2H3. The molecule has 3 nitrogen and oxygen atoms in total. The first-order chi connectivity index (χ1) is 10.1. The second-order valence-electron chi connectivity index (χ2n) is 6.28. The number of rotatable bonds is 4. The summed E-state index contributed by atoms with van der Waals surface area (Å²) in [5.41, 5.74) is 2.29. The SMILES string of the molecule is Cc1ccccc1CC(=O)N1CCCCCC1CC(C)O. The Hall–Kier alpha value is -1.35. The average molecular weight is 289 g/mol. The van der Waals surface area contributed by atoms with Crippen LogP contribution in [-0.4, -0.2) is 34.6 Å². The van der Waals surface area contributed by atoms with Crippen molar-refractivity contribution in [1.82, 2.24) is 4.90 Å². The second-order valence-corrected chi connectivity index (χ2v) is 6.28. The van der Waals surface area contributed by atoms with E-state index in [1.807, 2.05) is 30.0 Å². The molecule has 1 aliphatic heterocycles. The van der Waals surface area contributed by atoms with Crippen molar-refractivity contribution in [3.63, 3.8) is 0 Å². The zero-order chi connectivity index (χ0) is 15.2. The molecule has 0 spiro atoms. The predicted molar refractivity (Wildman–Crippen MR) is 85.1 cm³/mol. The van der Waals surface area contributed by atoms with Crippen LogP contribution in [0.5, 0.6) is 0 Å². The highest BCUT2D eigenvalue weighted by molar-refractivity contribution is 5.79. The quantitative estimate of drug-likeness (QED) is 0.925. The van der Waals surface area contributed by atoms with Gasteiger partial charge >= 0.3 is 0 Å². The number of carbonyl (C=O) groups is 1. The lowest BCUT2D eigenvalue weighted by Crippen LogP contribution is -2.42. The molecule has 1 aliphatic rings. The Balaban J connectivity index is 2.08. The summed E-state index contributed by atoms with van der Waals surface area (Å²) in [6.45, 7) is 4.70. The summed E-state index contributed by atoms with van der Waals surface area (Å²) in [4.78, 5) is 14.7. The molecule has 1 amide bonds. The van der Waals surface area contributed by atoms with Gasteiger partial charge in [-0.3, -0.25) is 4.79 Å². The van der Waals surface area contributed by atoms with Crippen LogP contribution in [0.15, 0.2) is 24.3 Å². The fourth-order valence-electron chi connectivity index (χ4n) is 3.22. The molecule has 0 aliphatic carbocycles. The minimum absolute atomic E-state index is 0.198. The summed E-state index contributed by atoms with van der Waals surface area (Å²) in [5, 5.41) is 9.69. The lowest BCUT2D eigenvalue weighted by atomic mass is 10.0. The number of benzene rings is 1. The summed E-state index contributed by atoms with van der Waals surface area (Å²) in [6.07, 6.45) is 5.26. The number of aryl methyl sites for hydroxylation is 1. The van der Waals surface area contributed by atoms with E-state index in [4.69, 9.17) is 0 Å². The average Bonchev–Trinajstić information content (AvgIpc) is 2.66. The molecule has 0 bridgehead atoms. The highest BCUT2D eigenvalue weighted by Crippen LogP contribution is 2.22. The van der Waals surface area contributed by atoms with Gasteiger partial charge in [0.1, 0.15) is 0 Å². The van der Waals surface area contributed by atoms with Gasteiger partial charge in [0.15, 0.2) is 0 Å². The molecule has 1 heterocycles. The highest BCUT2D eigenvalue weighted by Gasteiger charge is 2.26. The highest BCUT2D eigenvalue weighted by atomic mass is 16.3. The Kier molecular flexibility index (Phi) is 5.80. The van der Waals surface area contributed by atoms with E-state index in [1.54, 1.807) is 0 Å². The molecule has 1 fully saturated rings. The number of likely N-dealkylation sites (tertiary alicyclic amines) is 1. The fourth-order valence-corrected chi connectivity index (χ4v) is 3.22. The van der Waals surface area contributed by atoms with Crippen LogP contribution in [0.4, 0.5) is 0 Å². The van der Waals surface area contributed by atoms with Crippen LogP contribution in [0, 0.1) is 6.92 Å². The third-order valence-electron chi connectivity index (χ3n) is 4.41. The van der Waals surface area contributed by atoms with E-state index in [0.717, 1.165) is 31.4 Å². The Morgan fingerprint density at radius 2 is 2.10 bits per heavy atom. The first-order valence-corrected chi connectivity index (χ1v) is 8.10. The zero-order valence-electron chi connectivity index (χ0n) is 13.2. The number of amides is 1. The second kappa shape index (κ2) is 7.60. The fraction of sp³-hybridized carbons (Fsp3) is 0.611. The summed E-state index contributed by atoms with van der Waals surface area (Å²) < 4.78 is 0. The molecule has 3 heteroatoms. The van der Waals surface area contributed by atoms with Gasteiger partial charge in [0.05, 0.1) is 12.5 Å². The number of hydrogen-bond donors (Lipinski definition) is 1. The van der Waals surface area contributed by atoms with Crippen LogP contribution in [-0.2, 0) is 11.2 Å². The van der Waals surface area contributed by atoms with Crippen molar-refractivity contribution >= 4 is 5.91 Å². The van der Waals surface area contributed by atoms with Crippen molar-refractivity contribution in [3.05, 3.63) is 35.4 Å². The van der Waals surface area contributed by atoms with Gasteiger partial charge in [0.2, 0.25) is 5.91 Å². The van der Waals surface area contributed by atoms with Crippen molar-refractivity contribution < 1.29 is 9.90 Å². The Morgan fingerprint density at radius 3 is 2.81 bits per heavy atom. The van der Waals surface area contributed by atoms with Gasteiger partial charge in [0, 0.05) is 12.6 Å². The van der Waals surface area contributed by atoms with Crippen molar-refractivity contribution in [2.45, 2.75) is 64.5 Å². The van der Waals surface area contributed by atoms with E-state index in [2.05, 4.69) is 13.0 Å². The van der Waals surface area contributed by atoms with Gasteiger partial charge in [-0.1, -0.05) is 37.1 Å². The molecule has 1 aromatic rings. The number of hydrogen-bond acceptors (Lipinski definition) is 2. The number of nitrogens with zero attached hydrogens (tertiary/aromatic N) is 1. The molecule has 2 atom stereocenters. The summed E-state index contributed by atoms with van der Waals surface area (Å²) in [5.74, 6) is 0.205. The maximum absolute atomic E-state index is 12.7. The third kappa shape index (κ3) is 4.57. The largest absolute Gasteiger partial charge is 0.393 e. The monoisotopic (exact) mass is 289 g/mol. The van der Waals surface area contributed by atoms with Gasteiger partial charge in [-0.15, -0.1) is 0 Å². The van der Waals surface area contributed by atoms with Crippen molar-refractivity contribution in [2.75, 3.05) is 6.54 Å².